The third-order valence-electron chi connectivity index (χ3n) is 3.78. The quantitative estimate of drug-likeness (QED) is 0.723. The summed E-state index contributed by atoms with van der Waals surface area (Å²) in [5, 5.41) is 3.56. The van der Waals surface area contributed by atoms with Crippen LogP contribution in [0, 0.1) is 5.41 Å². The largest absolute Gasteiger partial charge is 0.469 e. The highest BCUT2D eigenvalue weighted by molar-refractivity contribution is 5.75. The van der Waals surface area contributed by atoms with Gasteiger partial charge in [0.2, 0.25) is 0 Å². The lowest BCUT2D eigenvalue weighted by atomic mass is 9.91. The van der Waals surface area contributed by atoms with Crippen LogP contribution in [-0.4, -0.2) is 38.4 Å². The van der Waals surface area contributed by atoms with Crippen LogP contribution in [0.2, 0.25) is 0 Å². The van der Waals surface area contributed by atoms with Gasteiger partial charge < -0.3 is 14.8 Å². The van der Waals surface area contributed by atoms with Crippen molar-refractivity contribution < 1.29 is 14.3 Å². The number of methoxy groups -OCH3 is 1. The molecule has 4 heteroatoms. The van der Waals surface area contributed by atoms with Gasteiger partial charge in [-0.1, -0.05) is 6.92 Å². The van der Waals surface area contributed by atoms with Crippen molar-refractivity contribution >= 4 is 5.97 Å². The molecule has 0 amide bonds. The molecule has 0 radical (unpaired) electrons. The first kappa shape index (κ1) is 16.4. The molecule has 0 unspecified atom stereocenters. The lowest BCUT2D eigenvalue weighted by Gasteiger charge is -2.31. The second-order valence-electron chi connectivity index (χ2n) is 6.11. The second-order valence-corrected chi connectivity index (χ2v) is 6.11. The van der Waals surface area contributed by atoms with Crippen molar-refractivity contribution in [2.24, 2.45) is 5.41 Å². The maximum atomic E-state index is 11.6. The van der Waals surface area contributed by atoms with Crippen molar-refractivity contribution in [3.8, 4) is 0 Å². The number of hydrogen-bond donors (Lipinski definition) is 1. The number of hydrogen-bond acceptors (Lipinski definition) is 4. The third kappa shape index (κ3) is 5.49. The van der Waals surface area contributed by atoms with Gasteiger partial charge in [0.25, 0.3) is 0 Å². The molecule has 0 aromatic carbocycles. The zero-order valence-electron chi connectivity index (χ0n) is 12.8. The molecule has 1 rings (SSSR count). The standard InChI is InChI=1S/C15H29NO3/c1-5-10-16-12-6-8-13(9-7-12)19-11-15(2,3)14(17)18-4/h12-13,16H,5-11H2,1-4H3. The van der Waals surface area contributed by atoms with Gasteiger partial charge >= 0.3 is 5.97 Å². The SMILES string of the molecule is CCCNC1CCC(OCC(C)(C)C(=O)OC)CC1. The molecule has 112 valence electrons. The van der Waals surface area contributed by atoms with Crippen LogP contribution >= 0.6 is 0 Å². The zero-order valence-corrected chi connectivity index (χ0v) is 12.8. The minimum atomic E-state index is -0.550. The first-order valence-corrected chi connectivity index (χ1v) is 7.43. The van der Waals surface area contributed by atoms with Crippen molar-refractivity contribution in [2.45, 2.75) is 65.0 Å². The molecule has 0 atom stereocenters. The fourth-order valence-corrected chi connectivity index (χ4v) is 2.44. The molecule has 1 N–H and O–H groups in total. The van der Waals surface area contributed by atoms with Crippen molar-refractivity contribution in [3.05, 3.63) is 0 Å². The Kier molecular flexibility index (Phi) is 6.80. The normalized spacial score (nSPS) is 24.2. The molecule has 4 nitrogen and oxygen atoms in total. The lowest BCUT2D eigenvalue weighted by Crippen LogP contribution is -2.38. The molecule has 0 aromatic heterocycles. The summed E-state index contributed by atoms with van der Waals surface area (Å²) in [5.74, 6) is -0.203. The highest BCUT2D eigenvalue weighted by atomic mass is 16.5. The average Bonchev–Trinajstić information content (AvgIpc) is 2.43. The molecule has 0 bridgehead atoms. The maximum Gasteiger partial charge on any atom is 0.313 e. The molecule has 1 aliphatic carbocycles. The van der Waals surface area contributed by atoms with Crippen molar-refractivity contribution in [1.82, 2.24) is 5.32 Å². The van der Waals surface area contributed by atoms with E-state index in [2.05, 4.69) is 12.2 Å². The summed E-state index contributed by atoms with van der Waals surface area (Å²) < 4.78 is 10.7. The van der Waals surface area contributed by atoms with Crippen LogP contribution in [-0.2, 0) is 14.3 Å². The van der Waals surface area contributed by atoms with Gasteiger partial charge in [0.15, 0.2) is 0 Å². The van der Waals surface area contributed by atoms with Crippen LogP contribution in [0.3, 0.4) is 0 Å². The summed E-state index contributed by atoms with van der Waals surface area (Å²) in [6.07, 6.45) is 5.98. The van der Waals surface area contributed by atoms with Gasteiger partial charge in [0, 0.05) is 6.04 Å². The summed E-state index contributed by atoms with van der Waals surface area (Å²) >= 11 is 0. The predicted octanol–water partition coefficient (Wildman–Crippen LogP) is 2.51. The third-order valence-corrected chi connectivity index (χ3v) is 3.78. The molecule has 0 saturated heterocycles. The minimum Gasteiger partial charge on any atom is -0.469 e. The van der Waals surface area contributed by atoms with Gasteiger partial charge in [-0.25, -0.2) is 0 Å². The summed E-state index contributed by atoms with van der Waals surface area (Å²) in [4.78, 5) is 11.6. The first-order chi connectivity index (χ1) is 8.99. The molecule has 0 aromatic rings. The van der Waals surface area contributed by atoms with E-state index in [1.54, 1.807) is 0 Å². The Labute approximate surface area is 117 Å². The fourth-order valence-electron chi connectivity index (χ4n) is 2.44. The molecule has 0 aliphatic heterocycles. The van der Waals surface area contributed by atoms with Crippen LogP contribution in [0.25, 0.3) is 0 Å². The number of rotatable bonds is 7. The van der Waals surface area contributed by atoms with E-state index in [1.165, 1.54) is 26.4 Å². The smallest absolute Gasteiger partial charge is 0.313 e. The van der Waals surface area contributed by atoms with E-state index in [9.17, 15) is 4.79 Å². The number of carbonyl (C=O) groups excluding carboxylic acids is 1. The Hall–Kier alpha value is -0.610. The Bertz CT molecular complexity index is 271. The van der Waals surface area contributed by atoms with Gasteiger partial charge in [0.1, 0.15) is 0 Å². The van der Waals surface area contributed by atoms with E-state index < -0.39 is 5.41 Å². The van der Waals surface area contributed by atoms with Crippen LogP contribution in [0.4, 0.5) is 0 Å². The van der Waals surface area contributed by atoms with Gasteiger partial charge in [-0.3, -0.25) is 4.79 Å². The highest BCUT2D eigenvalue weighted by Gasteiger charge is 2.31. The Morgan fingerprint density at radius 2 is 1.89 bits per heavy atom. The van der Waals surface area contributed by atoms with Crippen molar-refractivity contribution in [1.29, 1.82) is 0 Å². The molecule has 0 spiro atoms. The molecule has 1 aliphatic rings. The molecule has 19 heavy (non-hydrogen) atoms. The summed E-state index contributed by atoms with van der Waals surface area (Å²) in [6.45, 7) is 7.47. The number of esters is 1. The van der Waals surface area contributed by atoms with E-state index in [-0.39, 0.29) is 5.97 Å². The monoisotopic (exact) mass is 271 g/mol. The van der Waals surface area contributed by atoms with Gasteiger partial charge in [0.05, 0.1) is 25.2 Å². The Balaban J connectivity index is 2.24. The molecular formula is C15H29NO3. The topological polar surface area (TPSA) is 47.6 Å². The summed E-state index contributed by atoms with van der Waals surface area (Å²) in [7, 11) is 1.43. The Morgan fingerprint density at radius 1 is 1.26 bits per heavy atom. The van der Waals surface area contributed by atoms with Crippen molar-refractivity contribution in [3.63, 3.8) is 0 Å². The van der Waals surface area contributed by atoms with Gasteiger partial charge in [-0.15, -0.1) is 0 Å². The van der Waals surface area contributed by atoms with Crippen LogP contribution in [0.1, 0.15) is 52.9 Å². The van der Waals surface area contributed by atoms with E-state index in [1.807, 2.05) is 13.8 Å². The van der Waals surface area contributed by atoms with Gasteiger partial charge in [-0.2, -0.15) is 0 Å². The molecule has 1 saturated carbocycles. The van der Waals surface area contributed by atoms with E-state index in [0.717, 1.165) is 19.4 Å². The summed E-state index contributed by atoms with van der Waals surface area (Å²) in [5.41, 5.74) is -0.550. The van der Waals surface area contributed by atoms with E-state index in [4.69, 9.17) is 9.47 Å². The summed E-state index contributed by atoms with van der Waals surface area (Å²) in [6, 6.07) is 0.647. The number of ether oxygens (including phenoxy) is 2. The maximum absolute atomic E-state index is 11.6. The fraction of sp³-hybridized carbons (Fsp3) is 0.933. The van der Waals surface area contributed by atoms with Crippen LogP contribution < -0.4 is 5.32 Å². The van der Waals surface area contributed by atoms with E-state index >= 15 is 0 Å². The minimum absolute atomic E-state index is 0.203. The van der Waals surface area contributed by atoms with Crippen LogP contribution in [0.5, 0.6) is 0 Å². The first-order valence-electron chi connectivity index (χ1n) is 7.43. The predicted molar refractivity (Wildman–Crippen MR) is 76.1 cm³/mol. The van der Waals surface area contributed by atoms with Crippen LogP contribution in [0.15, 0.2) is 0 Å². The van der Waals surface area contributed by atoms with Gasteiger partial charge in [-0.05, 0) is 52.5 Å². The lowest BCUT2D eigenvalue weighted by molar-refractivity contribution is -0.156. The number of nitrogens with one attached hydrogen (secondary N) is 1. The highest BCUT2D eigenvalue weighted by Crippen LogP contribution is 2.25. The zero-order chi connectivity index (χ0) is 14.3. The van der Waals surface area contributed by atoms with E-state index in [0.29, 0.717) is 18.8 Å². The number of carbonyl (C=O) groups is 1. The second kappa shape index (κ2) is 7.85. The molecule has 0 heterocycles. The molecular weight excluding hydrogens is 242 g/mol. The van der Waals surface area contributed by atoms with Crippen molar-refractivity contribution in [2.75, 3.05) is 20.3 Å². The average molecular weight is 271 g/mol. The Morgan fingerprint density at radius 3 is 2.42 bits per heavy atom. The molecule has 1 fully saturated rings.